The molecule has 0 unspecified atom stereocenters. The molecular formula is C32H30Cl2N2O4. The zero-order valence-corrected chi connectivity index (χ0v) is 23.6. The van der Waals surface area contributed by atoms with Crippen molar-refractivity contribution in [2.24, 2.45) is 0 Å². The zero-order chi connectivity index (χ0) is 28.3. The Labute approximate surface area is 244 Å². The molecule has 0 bridgehead atoms. The first-order valence-electron chi connectivity index (χ1n) is 12.8. The van der Waals surface area contributed by atoms with Crippen molar-refractivity contribution in [3.8, 4) is 11.5 Å². The molecule has 0 fully saturated rings. The number of carbonyl (C=O) groups is 2. The van der Waals surface area contributed by atoms with Gasteiger partial charge in [-0.1, -0.05) is 89.9 Å². The van der Waals surface area contributed by atoms with Gasteiger partial charge in [-0.15, -0.1) is 0 Å². The number of amides is 2. The molecule has 4 rings (SSSR count). The number of hydrogen-bond acceptors (Lipinski definition) is 4. The molecule has 0 saturated carbocycles. The molecule has 0 aliphatic heterocycles. The second kappa shape index (κ2) is 14.4. The molecule has 1 atom stereocenters. The molecule has 6 nitrogen and oxygen atoms in total. The summed E-state index contributed by atoms with van der Waals surface area (Å²) >= 11 is 12.3. The normalized spacial score (nSPS) is 11.4. The number of halogens is 2. The molecule has 0 radical (unpaired) electrons. The Morgan fingerprint density at radius 2 is 1.48 bits per heavy atom. The van der Waals surface area contributed by atoms with E-state index in [1.807, 2.05) is 66.7 Å². The van der Waals surface area contributed by atoms with Gasteiger partial charge >= 0.3 is 0 Å². The average Bonchev–Trinajstić information content (AvgIpc) is 2.98. The zero-order valence-electron chi connectivity index (χ0n) is 22.1. The van der Waals surface area contributed by atoms with Gasteiger partial charge in [0.05, 0.1) is 12.1 Å². The Morgan fingerprint density at radius 1 is 0.825 bits per heavy atom. The molecule has 0 aliphatic rings. The van der Waals surface area contributed by atoms with E-state index >= 15 is 0 Å². The topological polar surface area (TPSA) is 67.9 Å². The van der Waals surface area contributed by atoms with E-state index in [4.69, 9.17) is 32.7 Å². The first-order chi connectivity index (χ1) is 19.4. The van der Waals surface area contributed by atoms with Gasteiger partial charge in [-0.05, 0) is 59.5 Å². The third-order valence-electron chi connectivity index (χ3n) is 6.32. The summed E-state index contributed by atoms with van der Waals surface area (Å²) in [5.74, 6) is 0.505. The van der Waals surface area contributed by atoms with Crippen LogP contribution in [-0.4, -0.2) is 37.0 Å². The van der Waals surface area contributed by atoms with Crippen molar-refractivity contribution >= 4 is 35.0 Å². The first kappa shape index (κ1) is 29.0. The molecule has 4 aromatic carbocycles. The summed E-state index contributed by atoms with van der Waals surface area (Å²) in [5.41, 5.74) is 2.56. The van der Waals surface area contributed by atoms with Crippen LogP contribution in [0.25, 0.3) is 0 Å². The van der Waals surface area contributed by atoms with Crippen LogP contribution in [0.3, 0.4) is 0 Å². The smallest absolute Gasteiger partial charge is 0.261 e. The lowest BCUT2D eigenvalue weighted by Gasteiger charge is -2.31. The quantitative estimate of drug-likeness (QED) is 0.209. The average molecular weight is 578 g/mol. The molecule has 0 spiro atoms. The maximum atomic E-state index is 13.7. The molecule has 0 heterocycles. The van der Waals surface area contributed by atoms with Crippen LogP contribution in [0.1, 0.15) is 22.7 Å². The van der Waals surface area contributed by atoms with Crippen molar-refractivity contribution in [1.82, 2.24) is 10.2 Å². The summed E-state index contributed by atoms with van der Waals surface area (Å²) in [6.07, 6.45) is 0.623. The fraction of sp³-hybridized carbons (Fsp3) is 0.188. The number of carbonyl (C=O) groups excluding carboxylic acids is 2. The second-order valence-electron chi connectivity index (χ2n) is 9.07. The molecule has 0 aromatic heterocycles. The van der Waals surface area contributed by atoms with E-state index in [0.29, 0.717) is 34.3 Å². The highest BCUT2D eigenvalue weighted by Gasteiger charge is 2.31. The number of nitrogens with one attached hydrogen (secondary N) is 1. The largest absolute Gasteiger partial charge is 0.497 e. The van der Waals surface area contributed by atoms with E-state index in [1.165, 1.54) is 4.90 Å². The van der Waals surface area contributed by atoms with Gasteiger partial charge in [-0.3, -0.25) is 9.59 Å². The van der Waals surface area contributed by atoms with Gasteiger partial charge in [0, 0.05) is 18.1 Å². The molecule has 40 heavy (non-hydrogen) atoms. The molecule has 0 saturated heterocycles. The molecule has 206 valence electrons. The Bertz CT molecular complexity index is 1400. The van der Waals surface area contributed by atoms with E-state index < -0.39 is 6.04 Å². The lowest BCUT2D eigenvalue weighted by Crippen LogP contribution is -2.45. The number of nitrogens with zero attached hydrogens (tertiary/aromatic N) is 1. The second-order valence-corrected chi connectivity index (χ2v) is 9.91. The van der Waals surface area contributed by atoms with Crippen LogP contribution in [0.2, 0.25) is 10.0 Å². The van der Waals surface area contributed by atoms with Crippen LogP contribution >= 0.6 is 23.2 Å². The molecule has 2 amide bonds. The number of hydrogen-bond donors (Lipinski definition) is 1. The van der Waals surface area contributed by atoms with Crippen molar-refractivity contribution in [3.63, 3.8) is 0 Å². The van der Waals surface area contributed by atoms with E-state index in [9.17, 15) is 9.59 Å². The van der Waals surface area contributed by atoms with Gasteiger partial charge in [0.15, 0.2) is 6.61 Å². The molecule has 4 aromatic rings. The van der Waals surface area contributed by atoms with E-state index in [0.717, 1.165) is 16.9 Å². The van der Waals surface area contributed by atoms with Gasteiger partial charge in [0.2, 0.25) is 5.91 Å². The van der Waals surface area contributed by atoms with Gasteiger partial charge < -0.3 is 19.7 Å². The number of benzene rings is 4. The van der Waals surface area contributed by atoms with Gasteiger partial charge in [0.1, 0.15) is 17.5 Å². The molecule has 0 aliphatic carbocycles. The number of ether oxygens (including phenoxy) is 2. The van der Waals surface area contributed by atoms with Crippen molar-refractivity contribution in [1.29, 1.82) is 0 Å². The minimum atomic E-state index is -0.893. The summed E-state index contributed by atoms with van der Waals surface area (Å²) in [6.45, 7) is 0.278. The van der Waals surface area contributed by atoms with Gasteiger partial charge in [0.25, 0.3) is 5.91 Å². The van der Waals surface area contributed by atoms with Crippen molar-refractivity contribution in [2.75, 3.05) is 20.3 Å². The Kier molecular flexibility index (Phi) is 10.4. The highest BCUT2D eigenvalue weighted by Crippen LogP contribution is 2.27. The molecule has 8 heteroatoms. The Morgan fingerprint density at radius 3 is 2.15 bits per heavy atom. The van der Waals surface area contributed by atoms with Crippen molar-refractivity contribution < 1.29 is 19.1 Å². The molecular weight excluding hydrogens is 547 g/mol. The third kappa shape index (κ3) is 8.01. The fourth-order valence-corrected chi connectivity index (χ4v) is 4.54. The van der Waals surface area contributed by atoms with Crippen LogP contribution in [0.15, 0.2) is 103 Å². The summed E-state index contributed by atoms with van der Waals surface area (Å²) in [6, 6.07) is 30.2. The minimum absolute atomic E-state index is 0.174. The first-order valence-corrected chi connectivity index (χ1v) is 13.6. The van der Waals surface area contributed by atoms with Crippen molar-refractivity contribution in [3.05, 3.63) is 130 Å². The summed E-state index contributed by atoms with van der Waals surface area (Å²) < 4.78 is 11.0. The maximum Gasteiger partial charge on any atom is 0.261 e. The van der Waals surface area contributed by atoms with Crippen LogP contribution in [0, 0.1) is 0 Å². The lowest BCUT2D eigenvalue weighted by molar-refractivity contribution is -0.143. The Hall–Kier alpha value is -4.00. The van der Waals surface area contributed by atoms with Crippen LogP contribution in [-0.2, 0) is 22.6 Å². The monoisotopic (exact) mass is 576 g/mol. The lowest BCUT2D eigenvalue weighted by atomic mass is 10.0. The highest BCUT2D eigenvalue weighted by molar-refractivity contribution is 6.32. The van der Waals surface area contributed by atoms with E-state index in [-0.39, 0.29) is 25.0 Å². The number of methoxy groups -OCH3 is 1. The SMILES string of the molecule is COc1ccc(CCNC(=O)[C@H](c2ccccc2)N(Cc2ccc(Cl)cc2)C(=O)COc2ccccc2Cl)cc1. The van der Waals surface area contributed by atoms with Gasteiger partial charge in [-0.25, -0.2) is 0 Å². The number of para-hydroxylation sites is 1. The number of rotatable bonds is 12. The minimum Gasteiger partial charge on any atom is -0.497 e. The van der Waals surface area contributed by atoms with Crippen molar-refractivity contribution in [2.45, 2.75) is 19.0 Å². The van der Waals surface area contributed by atoms with Crippen LogP contribution in [0.4, 0.5) is 0 Å². The van der Waals surface area contributed by atoms with Gasteiger partial charge in [-0.2, -0.15) is 0 Å². The standard InChI is InChI=1S/C32H30Cl2N2O4/c1-39-27-17-13-23(14-18-27)19-20-35-32(38)31(25-7-3-2-4-8-25)36(21-24-11-15-26(33)16-12-24)30(37)22-40-29-10-6-5-9-28(29)34/h2-18,31H,19-22H2,1H3,(H,35,38)/t31-/m0/s1. The van der Waals surface area contributed by atoms with E-state index in [1.54, 1.807) is 43.5 Å². The summed E-state index contributed by atoms with van der Waals surface area (Å²) in [7, 11) is 1.62. The molecule has 1 N–H and O–H groups in total. The predicted octanol–water partition coefficient (Wildman–Crippen LogP) is 6.51. The van der Waals surface area contributed by atoms with E-state index in [2.05, 4.69) is 5.32 Å². The summed E-state index contributed by atoms with van der Waals surface area (Å²) in [5, 5.41) is 4.01. The predicted molar refractivity (Wildman–Crippen MR) is 158 cm³/mol. The third-order valence-corrected chi connectivity index (χ3v) is 6.89. The fourth-order valence-electron chi connectivity index (χ4n) is 4.22. The highest BCUT2D eigenvalue weighted by atomic mass is 35.5. The summed E-state index contributed by atoms with van der Waals surface area (Å²) in [4.78, 5) is 29.0. The van der Waals surface area contributed by atoms with Crippen LogP contribution < -0.4 is 14.8 Å². The Balaban J connectivity index is 1.57. The maximum absolute atomic E-state index is 13.7. The van der Waals surface area contributed by atoms with Crippen LogP contribution in [0.5, 0.6) is 11.5 Å².